The molecule has 32 heavy (non-hydrogen) atoms. The van der Waals surface area contributed by atoms with Crippen LogP contribution in [-0.4, -0.2) is 31.7 Å². The highest BCUT2D eigenvalue weighted by molar-refractivity contribution is 7.90. The lowest BCUT2D eigenvalue weighted by molar-refractivity contribution is 0.483. The van der Waals surface area contributed by atoms with E-state index in [0.717, 1.165) is 15.4 Å². The van der Waals surface area contributed by atoms with Gasteiger partial charge >= 0.3 is 0 Å². The standard InChI is InChI=1S/C23H19Cl2N3O3S/c1-27(2)21-15-28(32(29,30)22-13-10-17(24)14-20(22)25)26-23(21)16-8-11-19(12-9-16)31-18-6-4-3-5-7-18/h3-15H,1-2H3. The topological polar surface area (TPSA) is 64.4 Å². The van der Waals surface area contributed by atoms with Crippen molar-refractivity contribution in [2.24, 2.45) is 0 Å². The number of nitrogens with zero attached hydrogens (tertiary/aromatic N) is 3. The first-order chi connectivity index (χ1) is 15.3. The van der Waals surface area contributed by atoms with Crippen LogP contribution in [-0.2, 0) is 10.0 Å². The fourth-order valence-electron chi connectivity index (χ4n) is 3.09. The predicted octanol–water partition coefficient (Wildman–Crippen LogP) is 5.95. The third-order valence-corrected chi connectivity index (χ3v) is 6.93. The third kappa shape index (κ3) is 4.46. The smallest absolute Gasteiger partial charge is 0.284 e. The van der Waals surface area contributed by atoms with Crippen LogP contribution < -0.4 is 9.64 Å². The molecule has 0 fully saturated rings. The largest absolute Gasteiger partial charge is 0.457 e. The summed E-state index contributed by atoms with van der Waals surface area (Å²) in [5, 5.41) is 4.76. The van der Waals surface area contributed by atoms with Gasteiger partial charge in [-0.25, -0.2) is 0 Å². The van der Waals surface area contributed by atoms with E-state index in [0.29, 0.717) is 22.2 Å². The Bertz CT molecular complexity index is 1350. The highest BCUT2D eigenvalue weighted by Gasteiger charge is 2.25. The van der Waals surface area contributed by atoms with Crippen LogP contribution in [0.3, 0.4) is 0 Å². The lowest BCUT2D eigenvalue weighted by atomic mass is 10.1. The number of ether oxygens (including phenoxy) is 1. The minimum Gasteiger partial charge on any atom is -0.457 e. The minimum absolute atomic E-state index is 0.0309. The van der Waals surface area contributed by atoms with Crippen LogP contribution in [0.4, 0.5) is 5.69 Å². The molecule has 4 aromatic rings. The zero-order valence-corrected chi connectivity index (χ0v) is 19.6. The summed E-state index contributed by atoms with van der Waals surface area (Å²) >= 11 is 12.1. The molecule has 0 spiro atoms. The molecule has 4 rings (SSSR count). The Kier molecular flexibility index (Phi) is 6.15. The van der Waals surface area contributed by atoms with Crippen molar-refractivity contribution in [3.05, 3.63) is 89.0 Å². The summed E-state index contributed by atoms with van der Waals surface area (Å²) < 4.78 is 33.1. The van der Waals surface area contributed by atoms with Crippen LogP contribution in [0.2, 0.25) is 10.0 Å². The summed E-state index contributed by atoms with van der Waals surface area (Å²) in [6.45, 7) is 0. The molecule has 0 saturated heterocycles. The molecule has 1 heterocycles. The van der Waals surface area contributed by atoms with E-state index < -0.39 is 10.0 Å². The summed E-state index contributed by atoms with van der Waals surface area (Å²) in [6, 6.07) is 21.0. The fraction of sp³-hybridized carbons (Fsp3) is 0.0870. The van der Waals surface area contributed by atoms with Crippen LogP contribution in [0.5, 0.6) is 11.5 Å². The van der Waals surface area contributed by atoms with Gasteiger partial charge in [-0.2, -0.15) is 17.6 Å². The lowest BCUT2D eigenvalue weighted by Crippen LogP contribution is -2.14. The van der Waals surface area contributed by atoms with Gasteiger partial charge in [0.1, 0.15) is 22.1 Å². The molecule has 6 nitrogen and oxygen atoms in total. The maximum absolute atomic E-state index is 13.2. The summed E-state index contributed by atoms with van der Waals surface area (Å²) in [5.41, 5.74) is 1.88. The SMILES string of the molecule is CN(C)c1cn(S(=O)(=O)c2ccc(Cl)cc2Cl)nc1-c1ccc(Oc2ccccc2)cc1. The molecule has 164 valence electrons. The molecule has 0 amide bonds. The van der Waals surface area contributed by atoms with Crippen LogP contribution in [0.1, 0.15) is 0 Å². The number of halogens is 2. The minimum atomic E-state index is -4.01. The number of para-hydroxylation sites is 1. The quantitative estimate of drug-likeness (QED) is 0.336. The van der Waals surface area contributed by atoms with Crippen molar-refractivity contribution >= 4 is 38.9 Å². The van der Waals surface area contributed by atoms with E-state index in [2.05, 4.69) is 5.10 Å². The molecule has 9 heteroatoms. The molecule has 0 bridgehead atoms. The van der Waals surface area contributed by atoms with Crippen LogP contribution >= 0.6 is 23.2 Å². The van der Waals surface area contributed by atoms with Gasteiger partial charge in [0.05, 0.1) is 16.9 Å². The van der Waals surface area contributed by atoms with Gasteiger partial charge in [-0.15, -0.1) is 0 Å². The molecule has 0 N–H and O–H groups in total. The molecule has 0 aliphatic carbocycles. The van der Waals surface area contributed by atoms with Gasteiger partial charge in [0.15, 0.2) is 0 Å². The van der Waals surface area contributed by atoms with Gasteiger partial charge in [-0.1, -0.05) is 41.4 Å². The lowest BCUT2D eigenvalue weighted by Gasteiger charge is -2.12. The maximum Gasteiger partial charge on any atom is 0.284 e. The van der Waals surface area contributed by atoms with E-state index in [1.807, 2.05) is 68.7 Å². The number of aromatic nitrogens is 2. The number of hydrogen-bond acceptors (Lipinski definition) is 5. The van der Waals surface area contributed by atoms with E-state index >= 15 is 0 Å². The Morgan fingerprint density at radius 2 is 1.56 bits per heavy atom. The van der Waals surface area contributed by atoms with Crippen molar-refractivity contribution in [2.45, 2.75) is 4.90 Å². The second-order valence-electron chi connectivity index (χ2n) is 7.15. The molecular weight excluding hydrogens is 469 g/mol. The number of benzene rings is 3. The first-order valence-electron chi connectivity index (χ1n) is 9.56. The Balaban J connectivity index is 1.71. The van der Waals surface area contributed by atoms with E-state index in [1.165, 1.54) is 24.4 Å². The molecular formula is C23H19Cl2N3O3S. The van der Waals surface area contributed by atoms with Gasteiger partial charge < -0.3 is 9.64 Å². The van der Waals surface area contributed by atoms with E-state index in [4.69, 9.17) is 27.9 Å². The number of anilines is 1. The molecule has 0 unspecified atom stereocenters. The molecule has 1 aromatic heterocycles. The highest BCUT2D eigenvalue weighted by atomic mass is 35.5. The summed E-state index contributed by atoms with van der Waals surface area (Å²) in [4.78, 5) is 1.72. The van der Waals surface area contributed by atoms with Crippen molar-refractivity contribution in [2.75, 3.05) is 19.0 Å². The van der Waals surface area contributed by atoms with Gasteiger partial charge in [-0.05, 0) is 54.6 Å². The van der Waals surface area contributed by atoms with Crippen molar-refractivity contribution < 1.29 is 13.2 Å². The molecule has 0 aliphatic rings. The Labute approximate surface area is 196 Å². The van der Waals surface area contributed by atoms with Gasteiger partial charge in [0.2, 0.25) is 0 Å². The highest BCUT2D eigenvalue weighted by Crippen LogP contribution is 2.33. The Hall–Kier alpha value is -3.00. The monoisotopic (exact) mass is 487 g/mol. The van der Waals surface area contributed by atoms with Gasteiger partial charge in [-0.3, -0.25) is 0 Å². The number of hydrogen-bond donors (Lipinski definition) is 0. The Morgan fingerprint density at radius 1 is 0.906 bits per heavy atom. The van der Waals surface area contributed by atoms with E-state index in [1.54, 1.807) is 4.90 Å². The maximum atomic E-state index is 13.2. The first kappa shape index (κ1) is 22.2. The molecule has 0 aliphatic heterocycles. The zero-order valence-electron chi connectivity index (χ0n) is 17.2. The first-order valence-corrected chi connectivity index (χ1v) is 11.8. The van der Waals surface area contributed by atoms with Gasteiger partial charge in [0, 0.05) is 24.7 Å². The average Bonchev–Trinajstić information content (AvgIpc) is 3.22. The third-order valence-electron chi connectivity index (χ3n) is 4.68. The van der Waals surface area contributed by atoms with Crippen molar-refractivity contribution in [1.29, 1.82) is 0 Å². The fourth-order valence-corrected chi connectivity index (χ4v) is 4.97. The second-order valence-corrected chi connectivity index (χ2v) is 9.76. The zero-order chi connectivity index (χ0) is 22.9. The van der Waals surface area contributed by atoms with Crippen LogP contribution in [0, 0.1) is 0 Å². The van der Waals surface area contributed by atoms with Crippen molar-refractivity contribution in [1.82, 2.24) is 9.19 Å². The van der Waals surface area contributed by atoms with Crippen molar-refractivity contribution in [3.8, 4) is 22.8 Å². The normalized spacial score (nSPS) is 11.4. The Morgan fingerprint density at radius 3 is 2.19 bits per heavy atom. The summed E-state index contributed by atoms with van der Waals surface area (Å²) in [6.07, 6.45) is 1.46. The van der Waals surface area contributed by atoms with E-state index in [-0.39, 0.29) is 9.92 Å². The summed E-state index contributed by atoms with van der Waals surface area (Å²) in [7, 11) is -0.377. The van der Waals surface area contributed by atoms with Crippen LogP contribution in [0.15, 0.2) is 83.9 Å². The van der Waals surface area contributed by atoms with E-state index in [9.17, 15) is 8.42 Å². The molecule has 0 saturated carbocycles. The number of rotatable bonds is 6. The molecule has 3 aromatic carbocycles. The van der Waals surface area contributed by atoms with Crippen molar-refractivity contribution in [3.63, 3.8) is 0 Å². The predicted molar refractivity (Wildman–Crippen MR) is 128 cm³/mol. The average molecular weight is 488 g/mol. The van der Waals surface area contributed by atoms with Crippen LogP contribution in [0.25, 0.3) is 11.3 Å². The molecule has 0 atom stereocenters. The van der Waals surface area contributed by atoms with Gasteiger partial charge in [0.25, 0.3) is 10.0 Å². The molecule has 0 radical (unpaired) electrons. The second kappa shape index (κ2) is 8.86. The summed E-state index contributed by atoms with van der Waals surface area (Å²) in [5.74, 6) is 1.38.